The average molecular weight is 244 g/mol. The summed E-state index contributed by atoms with van der Waals surface area (Å²) in [5.74, 6) is 5.35. The lowest BCUT2D eigenvalue weighted by Gasteiger charge is -1.92. The molecule has 0 aromatic carbocycles. The van der Waals surface area contributed by atoms with Gasteiger partial charge in [0, 0.05) is 0 Å². The van der Waals surface area contributed by atoms with E-state index in [9.17, 15) is 0 Å². The maximum atomic E-state index is 9.06. The van der Waals surface area contributed by atoms with Crippen molar-refractivity contribution in [3.8, 4) is 11.8 Å². The van der Waals surface area contributed by atoms with Crippen molar-refractivity contribution in [3.63, 3.8) is 0 Å². The predicted molar refractivity (Wildman–Crippen MR) is 80.2 cm³/mol. The molecule has 0 amide bonds. The Morgan fingerprint density at radius 1 is 1.11 bits per heavy atom. The Hall–Kier alpha value is -1.52. The predicted octanol–water partition coefficient (Wildman–Crippen LogP) is 4.18. The Kier molecular flexibility index (Phi) is 12.4. The van der Waals surface area contributed by atoms with E-state index in [0.717, 1.165) is 6.42 Å². The SMILES string of the molecule is C=CC(O)C#C/C=C/C=C/C=C/CCCCCC. The quantitative estimate of drug-likeness (QED) is 0.294. The molecule has 1 nitrogen and oxygen atoms in total. The van der Waals surface area contributed by atoms with Crippen molar-refractivity contribution in [1.29, 1.82) is 0 Å². The monoisotopic (exact) mass is 244 g/mol. The lowest BCUT2D eigenvalue weighted by Crippen LogP contribution is -1.94. The molecule has 0 aromatic heterocycles. The molecule has 0 heterocycles. The molecule has 0 aliphatic carbocycles. The van der Waals surface area contributed by atoms with Crippen LogP contribution < -0.4 is 0 Å². The Balaban J connectivity index is 3.63. The highest BCUT2D eigenvalue weighted by Gasteiger charge is 1.84. The van der Waals surface area contributed by atoms with Gasteiger partial charge in [0.15, 0.2) is 0 Å². The van der Waals surface area contributed by atoms with E-state index in [-0.39, 0.29) is 0 Å². The van der Waals surface area contributed by atoms with Crippen LogP contribution in [0, 0.1) is 11.8 Å². The van der Waals surface area contributed by atoms with E-state index in [2.05, 4.69) is 37.5 Å². The third-order valence-corrected chi connectivity index (χ3v) is 2.33. The molecule has 1 atom stereocenters. The third kappa shape index (κ3) is 12.5. The van der Waals surface area contributed by atoms with Crippen LogP contribution in [0.4, 0.5) is 0 Å². The molecular weight excluding hydrogens is 220 g/mol. The van der Waals surface area contributed by atoms with E-state index in [1.165, 1.54) is 31.8 Å². The van der Waals surface area contributed by atoms with Crippen LogP contribution >= 0.6 is 0 Å². The van der Waals surface area contributed by atoms with Crippen molar-refractivity contribution in [2.24, 2.45) is 0 Å². The molecule has 0 fully saturated rings. The summed E-state index contributed by atoms with van der Waals surface area (Å²) < 4.78 is 0. The number of hydrogen-bond acceptors (Lipinski definition) is 1. The Morgan fingerprint density at radius 3 is 2.61 bits per heavy atom. The molecule has 0 aliphatic heterocycles. The summed E-state index contributed by atoms with van der Waals surface area (Å²) in [6.07, 6.45) is 18.8. The van der Waals surface area contributed by atoms with Crippen LogP contribution in [0.25, 0.3) is 0 Å². The molecule has 0 aliphatic rings. The second-order valence-electron chi connectivity index (χ2n) is 3.99. The molecule has 0 saturated carbocycles. The highest BCUT2D eigenvalue weighted by atomic mass is 16.3. The minimum absolute atomic E-state index is 0.735. The van der Waals surface area contributed by atoms with Crippen molar-refractivity contribution in [3.05, 3.63) is 49.1 Å². The van der Waals surface area contributed by atoms with Gasteiger partial charge in [-0.15, -0.1) is 0 Å². The topological polar surface area (TPSA) is 20.2 Å². The van der Waals surface area contributed by atoms with Crippen molar-refractivity contribution >= 4 is 0 Å². The maximum Gasteiger partial charge on any atom is 0.133 e. The van der Waals surface area contributed by atoms with E-state index in [4.69, 9.17) is 5.11 Å². The number of unbranched alkanes of at least 4 members (excludes halogenated alkanes) is 4. The molecule has 98 valence electrons. The van der Waals surface area contributed by atoms with Crippen molar-refractivity contribution < 1.29 is 5.11 Å². The largest absolute Gasteiger partial charge is 0.377 e. The molecule has 0 bridgehead atoms. The van der Waals surface area contributed by atoms with Crippen LogP contribution in [0.3, 0.4) is 0 Å². The fraction of sp³-hybridized carbons (Fsp3) is 0.412. The van der Waals surface area contributed by atoms with Crippen LogP contribution in [-0.2, 0) is 0 Å². The zero-order valence-electron chi connectivity index (χ0n) is 11.3. The summed E-state index contributed by atoms with van der Waals surface area (Å²) >= 11 is 0. The summed E-state index contributed by atoms with van der Waals surface area (Å²) in [7, 11) is 0. The van der Waals surface area contributed by atoms with Crippen LogP contribution in [-0.4, -0.2) is 11.2 Å². The van der Waals surface area contributed by atoms with Gasteiger partial charge in [-0.25, -0.2) is 0 Å². The Labute approximate surface area is 112 Å². The highest BCUT2D eigenvalue weighted by molar-refractivity contribution is 5.24. The first-order chi connectivity index (χ1) is 8.81. The van der Waals surface area contributed by atoms with E-state index in [1.807, 2.05) is 18.2 Å². The van der Waals surface area contributed by atoms with Gasteiger partial charge in [-0.1, -0.05) is 81.1 Å². The van der Waals surface area contributed by atoms with Crippen molar-refractivity contribution in [2.75, 3.05) is 0 Å². The summed E-state index contributed by atoms with van der Waals surface area (Å²) in [6.45, 7) is 5.66. The molecule has 0 rings (SSSR count). The third-order valence-electron chi connectivity index (χ3n) is 2.33. The van der Waals surface area contributed by atoms with Gasteiger partial charge in [-0.05, 0) is 18.9 Å². The van der Waals surface area contributed by atoms with E-state index in [1.54, 1.807) is 6.08 Å². The summed E-state index contributed by atoms with van der Waals surface area (Å²) in [5.41, 5.74) is 0. The first-order valence-electron chi connectivity index (χ1n) is 6.61. The zero-order chi connectivity index (χ0) is 13.5. The molecule has 1 N–H and O–H groups in total. The fourth-order valence-corrected chi connectivity index (χ4v) is 1.29. The first-order valence-corrected chi connectivity index (χ1v) is 6.61. The number of aliphatic hydroxyl groups is 1. The summed E-state index contributed by atoms with van der Waals surface area (Å²) in [5, 5.41) is 9.06. The second-order valence-corrected chi connectivity index (χ2v) is 3.99. The van der Waals surface area contributed by atoms with Gasteiger partial charge in [-0.3, -0.25) is 0 Å². The average Bonchev–Trinajstić information content (AvgIpc) is 2.39. The molecule has 0 saturated heterocycles. The van der Waals surface area contributed by atoms with Gasteiger partial charge in [0.25, 0.3) is 0 Å². The van der Waals surface area contributed by atoms with Crippen molar-refractivity contribution in [2.45, 2.75) is 45.1 Å². The number of rotatable bonds is 8. The minimum atomic E-state index is -0.735. The molecule has 1 unspecified atom stereocenters. The van der Waals surface area contributed by atoms with Crippen LogP contribution in [0.15, 0.2) is 49.1 Å². The summed E-state index contributed by atoms with van der Waals surface area (Å²) in [4.78, 5) is 0. The Bertz CT molecular complexity index is 336. The van der Waals surface area contributed by atoms with Gasteiger partial charge >= 0.3 is 0 Å². The smallest absolute Gasteiger partial charge is 0.133 e. The summed E-state index contributed by atoms with van der Waals surface area (Å²) in [6, 6.07) is 0. The van der Waals surface area contributed by atoms with E-state index < -0.39 is 6.10 Å². The fourth-order valence-electron chi connectivity index (χ4n) is 1.29. The van der Waals surface area contributed by atoms with Gasteiger partial charge in [-0.2, -0.15) is 0 Å². The molecule has 18 heavy (non-hydrogen) atoms. The van der Waals surface area contributed by atoms with Crippen molar-refractivity contribution in [1.82, 2.24) is 0 Å². The standard InChI is InChI=1S/C17H24O/c1-3-5-6-7-8-9-10-11-12-13-14-15-16-17(18)4-2/h4,9-14,17-18H,2-3,5-8H2,1H3/b10-9+,12-11+,14-13+. The normalized spacial score (nSPS) is 13.0. The van der Waals surface area contributed by atoms with Crippen LogP contribution in [0.5, 0.6) is 0 Å². The maximum absolute atomic E-state index is 9.06. The molecule has 1 heteroatoms. The minimum Gasteiger partial charge on any atom is -0.377 e. The molecule has 0 radical (unpaired) electrons. The second kappa shape index (κ2) is 13.5. The van der Waals surface area contributed by atoms with Crippen LogP contribution in [0.1, 0.15) is 39.0 Å². The van der Waals surface area contributed by atoms with Gasteiger partial charge in [0.2, 0.25) is 0 Å². The zero-order valence-corrected chi connectivity index (χ0v) is 11.3. The van der Waals surface area contributed by atoms with E-state index in [0.29, 0.717) is 0 Å². The van der Waals surface area contributed by atoms with Gasteiger partial charge in [0.05, 0.1) is 0 Å². The number of allylic oxidation sites excluding steroid dienone is 6. The van der Waals surface area contributed by atoms with Crippen LogP contribution in [0.2, 0.25) is 0 Å². The number of hydrogen-bond donors (Lipinski definition) is 1. The molecule has 0 aromatic rings. The van der Waals surface area contributed by atoms with E-state index >= 15 is 0 Å². The molecular formula is C17H24O. The van der Waals surface area contributed by atoms with Gasteiger partial charge in [0.1, 0.15) is 6.10 Å². The lowest BCUT2D eigenvalue weighted by molar-refractivity contribution is 0.281. The van der Waals surface area contributed by atoms with Gasteiger partial charge < -0.3 is 5.11 Å². The molecule has 0 spiro atoms. The Morgan fingerprint density at radius 2 is 1.89 bits per heavy atom. The number of aliphatic hydroxyl groups excluding tert-OH is 1. The highest BCUT2D eigenvalue weighted by Crippen LogP contribution is 2.02. The first kappa shape index (κ1) is 16.5. The lowest BCUT2D eigenvalue weighted by atomic mass is 10.1.